The molecule has 0 N–H and O–H groups in total. The topological polar surface area (TPSA) is 77.7 Å². The van der Waals surface area contributed by atoms with E-state index in [1.807, 2.05) is 0 Å². The Morgan fingerprint density at radius 3 is 2.54 bits per heavy atom. The zero-order chi connectivity index (χ0) is 17.3. The number of sulfonamides is 1. The van der Waals surface area contributed by atoms with E-state index in [1.54, 1.807) is 48.0 Å². The summed E-state index contributed by atoms with van der Waals surface area (Å²) in [7, 11) is -0.746. The molecule has 0 unspecified atom stereocenters. The number of aryl methyl sites for hydroxylation is 1. The highest BCUT2D eigenvalue weighted by Crippen LogP contribution is 2.20. The molecule has 0 spiro atoms. The molecule has 8 heteroatoms. The minimum atomic E-state index is -3.79. The van der Waals surface area contributed by atoms with Gasteiger partial charge in [0.25, 0.3) is 10.0 Å². The van der Waals surface area contributed by atoms with E-state index in [0.29, 0.717) is 10.4 Å². The van der Waals surface area contributed by atoms with Gasteiger partial charge in [-0.15, -0.1) is 4.40 Å². The Morgan fingerprint density at radius 2 is 1.88 bits per heavy atom. The maximum absolute atomic E-state index is 12.4. The molecule has 0 atom stereocenters. The Bertz CT molecular complexity index is 1080. The standard InChI is InChI=1S/C16H14N2O4S2/c1-18-13-9-8-11(15(19)22-2)10-14(13)23-16(18)17-24(20,21)12-6-4-3-5-7-12/h3-10H,1-2H3. The zero-order valence-corrected chi connectivity index (χ0v) is 14.6. The summed E-state index contributed by atoms with van der Waals surface area (Å²) in [5.74, 6) is -0.441. The lowest BCUT2D eigenvalue weighted by atomic mass is 10.2. The number of ether oxygens (including phenoxy) is 1. The minimum Gasteiger partial charge on any atom is -0.465 e. The van der Waals surface area contributed by atoms with Crippen LogP contribution in [0, 0.1) is 0 Å². The highest BCUT2D eigenvalue weighted by molar-refractivity contribution is 7.90. The van der Waals surface area contributed by atoms with Crippen LogP contribution in [0.3, 0.4) is 0 Å². The summed E-state index contributed by atoms with van der Waals surface area (Å²) in [6.45, 7) is 0. The van der Waals surface area contributed by atoms with Crippen molar-refractivity contribution in [1.82, 2.24) is 4.57 Å². The van der Waals surface area contributed by atoms with E-state index in [2.05, 4.69) is 4.40 Å². The lowest BCUT2D eigenvalue weighted by Crippen LogP contribution is -2.13. The van der Waals surface area contributed by atoms with E-state index in [-0.39, 0.29) is 4.90 Å². The van der Waals surface area contributed by atoms with E-state index < -0.39 is 16.0 Å². The molecule has 0 fully saturated rings. The number of aromatic nitrogens is 1. The van der Waals surface area contributed by atoms with Crippen molar-refractivity contribution >= 4 is 37.5 Å². The second kappa shape index (κ2) is 6.21. The monoisotopic (exact) mass is 362 g/mol. The van der Waals surface area contributed by atoms with Crippen LogP contribution in [0.2, 0.25) is 0 Å². The van der Waals surface area contributed by atoms with Crippen LogP contribution in [0.15, 0.2) is 57.8 Å². The molecule has 124 valence electrons. The zero-order valence-electron chi connectivity index (χ0n) is 13.0. The normalized spacial score (nSPS) is 12.5. The second-order valence-electron chi connectivity index (χ2n) is 5.00. The maximum Gasteiger partial charge on any atom is 0.337 e. The van der Waals surface area contributed by atoms with Gasteiger partial charge in [-0.05, 0) is 30.3 Å². The molecule has 1 aromatic heterocycles. The number of fused-ring (bicyclic) bond motifs is 1. The third-order valence-electron chi connectivity index (χ3n) is 3.47. The molecule has 0 aliphatic rings. The number of carbonyl (C=O) groups is 1. The number of hydrogen-bond donors (Lipinski definition) is 0. The number of methoxy groups -OCH3 is 1. The molecule has 6 nitrogen and oxygen atoms in total. The molecule has 3 rings (SSSR count). The van der Waals surface area contributed by atoms with E-state index >= 15 is 0 Å². The lowest BCUT2D eigenvalue weighted by molar-refractivity contribution is 0.0601. The van der Waals surface area contributed by atoms with Crippen LogP contribution in [0.4, 0.5) is 0 Å². The van der Waals surface area contributed by atoms with Gasteiger partial charge in [0.2, 0.25) is 4.80 Å². The average Bonchev–Trinajstić information content (AvgIpc) is 2.89. The Balaban J connectivity index is 2.17. The smallest absolute Gasteiger partial charge is 0.337 e. The van der Waals surface area contributed by atoms with Crippen LogP contribution in [0.25, 0.3) is 10.2 Å². The van der Waals surface area contributed by atoms with Crippen molar-refractivity contribution in [3.63, 3.8) is 0 Å². The van der Waals surface area contributed by atoms with Gasteiger partial charge >= 0.3 is 5.97 Å². The number of benzene rings is 2. The van der Waals surface area contributed by atoms with Crippen LogP contribution in [-0.4, -0.2) is 26.1 Å². The predicted molar refractivity (Wildman–Crippen MR) is 91.3 cm³/mol. The van der Waals surface area contributed by atoms with Gasteiger partial charge in [0.15, 0.2) is 0 Å². The van der Waals surface area contributed by atoms with Crippen LogP contribution >= 0.6 is 11.3 Å². The number of hydrogen-bond acceptors (Lipinski definition) is 5. The average molecular weight is 362 g/mol. The largest absolute Gasteiger partial charge is 0.465 e. The molecular weight excluding hydrogens is 348 g/mol. The van der Waals surface area contributed by atoms with Gasteiger partial charge in [0, 0.05) is 7.05 Å². The third-order valence-corrected chi connectivity index (χ3v) is 5.96. The highest BCUT2D eigenvalue weighted by atomic mass is 32.2. The fraction of sp³-hybridized carbons (Fsp3) is 0.125. The molecule has 2 aromatic carbocycles. The fourth-order valence-electron chi connectivity index (χ4n) is 2.22. The lowest BCUT2D eigenvalue weighted by Gasteiger charge is -2.00. The molecule has 24 heavy (non-hydrogen) atoms. The van der Waals surface area contributed by atoms with Gasteiger partial charge in [-0.3, -0.25) is 0 Å². The second-order valence-corrected chi connectivity index (χ2v) is 7.61. The molecule has 1 heterocycles. The SMILES string of the molecule is COC(=O)c1ccc2c(c1)sc(=NS(=O)(=O)c1ccccc1)n2C. The summed E-state index contributed by atoms with van der Waals surface area (Å²) in [5.41, 5.74) is 1.19. The molecule has 0 aliphatic heterocycles. The van der Waals surface area contributed by atoms with Crippen molar-refractivity contribution < 1.29 is 17.9 Å². The Hall–Kier alpha value is -2.45. The van der Waals surface area contributed by atoms with Gasteiger partial charge in [-0.25, -0.2) is 4.79 Å². The molecule has 0 saturated carbocycles. The number of thiazole rings is 1. The quantitative estimate of drug-likeness (QED) is 0.670. The van der Waals surface area contributed by atoms with E-state index in [0.717, 1.165) is 10.2 Å². The Morgan fingerprint density at radius 1 is 1.17 bits per heavy atom. The van der Waals surface area contributed by atoms with Gasteiger partial charge in [0.05, 0.1) is 27.8 Å². The first-order chi connectivity index (χ1) is 11.4. The number of carbonyl (C=O) groups excluding carboxylic acids is 1. The molecule has 0 amide bonds. The van der Waals surface area contributed by atoms with Crippen molar-refractivity contribution in [2.45, 2.75) is 4.90 Å². The Kier molecular flexibility index (Phi) is 4.25. The minimum absolute atomic E-state index is 0.137. The third kappa shape index (κ3) is 2.98. The summed E-state index contributed by atoms with van der Waals surface area (Å²) in [6, 6.07) is 13.1. The van der Waals surface area contributed by atoms with Crippen molar-refractivity contribution in [3.8, 4) is 0 Å². The first-order valence-corrected chi connectivity index (χ1v) is 9.22. The van der Waals surface area contributed by atoms with Crippen LogP contribution in [0.1, 0.15) is 10.4 Å². The maximum atomic E-state index is 12.4. The van der Waals surface area contributed by atoms with Crippen LogP contribution in [0.5, 0.6) is 0 Å². The first-order valence-electron chi connectivity index (χ1n) is 6.96. The fourth-order valence-corrected chi connectivity index (χ4v) is 4.52. The Labute approximate surface area is 142 Å². The van der Waals surface area contributed by atoms with Gasteiger partial charge in [-0.2, -0.15) is 8.42 Å². The molecule has 0 radical (unpaired) electrons. The van der Waals surface area contributed by atoms with Crippen molar-refractivity contribution in [1.29, 1.82) is 0 Å². The van der Waals surface area contributed by atoms with Crippen molar-refractivity contribution in [2.75, 3.05) is 7.11 Å². The number of rotatable bonds is 3. The van der Waals surface area contributed by atoms with Gasteiger partial charge in [0.1, 0.15) is 0 Å². The summed E-state index contributed by atoms with van der Waals surface area (Å²) in [6.07, 6.45) is 0. The summed E-state index contributed by atoms with van der Waals surface area (Å²) in [5, 5.41) is 0. The number of nitrogens with zero attached hydrogens (tertiary/aromatic N) is 2. The molecular formula is C16H14N2O4S2. The molecule has 3 aromatic rings. The highest BCUT2D eigenvalue weighted by Gasteiger charge is 2.14. The molecule has 0 aliphatic carbocycles. The number of esters is 1. The summed E-state index contributed by atoms with van der Waals surface area (Å²) in [4.78, 5) is 12.1. The van der Waals surface area contributed by atoms with Gasteiger partial charge in [-0.1, -0.05) is 29.5 Å². The van der Waals surface area contributed by atoms with E-state index in [4.69, 9.17) is 4.74 Å². The van der Waals surface area contributed by atoms with Crippen LogP contribution in [-0.2, 0) is 21.8 Å². The predicted octanol–water partition coefficient (Wildman–Crippen LogP) is 2.32. The summed E-state index contributed by atoms with van der Waals surface area (Å²) >= 11 is 1.20. The molecule has 0 bridgehead atoms. The van der Waals surface area contributed by atoms with Crippen LogP contribution < -0.4 is 4.80 Å². The first kappa shape index (κ1) is 16.4. The van der Waals surface area contributed by atoms with Crippen molar-refractivity contribution in [2.24, 2.45) is 11.4 Å². The summed E-state index contributed by atoms with van der Waals surface area (Å²) < 4.78 is 35.9. The van der Waals surface area contributed by atoms with Gasteiger partial charge < -0.3 is 9.30 Å². The van der Waals surface area contributed by atoms with E-state index in [9.17, 15) is 13.2 Å². The molecule has 0 saturated heterocycles. The van der Waals surface area contributed by atoms with Crippen molar-refractivity contribution in [3.05, 3.63) is 58.9 Å². The van der Waals surface area contributed by atoms with E-state index in [1.165, 1.54) is 30.6 Å².